The zero-order valence-corrected chi connectivity index (χ0v) is 18.8. The van der Waals surface area contributed by atoms with E-state index in [9.17, 15) is 17.2 Å². The van der Waals surface area contributed by atoms with Crippen LogP contribution >= 0.6 is 0 Å². The Hall–Kier alpha value is -3.26. The average molecular weight is 462 g/mol. The van der Waals surface area contributed by atoms with Crippen LogP contribution in [0.15, 0.2) is 65.7 Å². The van der Waals surface area contributed by atoms with Crippen molar-refractivity contribution in [1.29, 1.82) is 0 Å². The molecule has 0 amide bonds. The van der Waals surface area contributed by atoms with E-state index in [1.165, 1.54) is 37.3 Å². The van der Waals surface area contributed by atoms with Crippen LogP contribution in [0.4, 0.5) is 13.2 Å². The SMILES string of the molecule is CC.Cc1ccc(S(=O)(=O)n2ccc3c(F)c(Oc4ccc(F)c(C)c4)c(F)cc32)cc1. The quantitative estimate of drug-likeness (QED) is 0.339. The fourth-order valence-corrected chi connectivity index (χ4v) is 4.43. The van der Waals surface area contributed by atoms with E-state index in [0.29, 0.717) is 0 Å². The van der Waals surface area contributed by atoms with Crippen LogP contribution in [-0.2, 0) is 10.0 Å². The van der Waals surface area contributed by atoms with Gasteiger partial charge in [0.1, 0.15) is 11.6 Å². The Bertz CT molecular complexity index is 1380. The van der Waals surface area contributed by atoms with Gasteiger partial charge in [0, 0.05) is 17.6 Å². The van der Waals surface area contributed by atoms with E-state index in [1.54, 1.807) is 12.1 Å². The molecule has 1 aromatic heterocycles. The molecule has 0 unspecified atom stereocenters. The minimum atomic E-state index is -4.05. The Labute approximate surface area is 184 Å². The van der Waals surface area contributed by atoms with E-state index >= 15 is 4.39 Å². The summed E-state index contributed by atoms with van der Waals surface area (Å²) < 4.78 is 75.1. The number of aryl methyl sites for hydroxylation is 2. The zero-order valence-electron chi connectivity index (χ0n) is 18.0. The summed E-state index contributed by atoms with van der Waals surface area (Å²) in [6, 6.07) is 11.9. The molecule has 0 bridgehead atoms. The van der Waals surface area contributed by atoms with E-state index in [-0.39, 0.29) is 27.1 Å². The minimum Gasteiger partial charge on any atom is -0.451 e. The van der Waals surface area contributed by atoms with Gasteiger partial charge in [-0.05, 0) is 55.8 Å². The van der Waals surface area contributed by atoms with E-state index in [2.05, 4.69) is 0 Å². The van der Waals surface area contributed by atoms with Crippen LogP contribution in [0.2, 0.25) is 0 Å². The van der Waals surface area contributed by atoms with E-state index in [1.807, 2.05) is 20.8 Å². The van der Waals surface area contributed by atoms with Crippen molar-refractivity contribution < 1.29 is 26.3 Å². The molecule has 0 N–H and O–H groups in total. The van der Waals surface area contributed by atoms with Gasteiger partial charge in [-0.1, -0.05) is 31.5 Å². The predicted octanol–water partition coefficient (Wildman–Crippen LogP) is 6.73. The van der Waals surface area contributed by atoms with Gasteiger partial charge in [0.05, 0.1) is 10.4 Å². The first-order valence-electron chi connectivity index (χ1n) is 9.94. The molecule has 0 spiro atoms. The van der Waals surface area contributed by atoms with Gasteiger partial charge in [0.2, 0.25) is 0 Å². The molecule has 168 valence electrons. The van der Waals surface area contributed by atoms with Crippen LogP contribution < -0.4 is 4.74 Å². The minimum absolute atomic E-state index is 0.00599. The summed E-state index contributed by atoms with van der Waals surface area (Å²) in [5.41, 5.74) is 0.971. The monoisotopic (exact) mass is 461 g/mol. The maximum absolute atomic E-state index is 15.0. The first-order chi connectivity index (χ1) is 15.2. The summed E-state index contributed by atoms with van der Waals surface area (Å²) in [5.74, 6) is -3.25. The molecule has 0 atom stereocenters. The second kappa shape index (κ2) is 9.08. The highest BCUT2D eigenvalue weighted by Crippen LogP contribution is 2.35. The van der Waals surface area contributed by atoms with Crippen LogP contribution in [0.5, 0.6) is 11.5 Å². The third-order valence-corrected chi connectivity index (χ3v) is 6.44. The van der Waals surface area contributed by atoms with Crippen LogP contribution in [0.1, 0.15) is 25.0 Å². The Morgan fingerprint density at radius 1 is 0.844 bits per heavy atom. The van der Waals surface area contributed by atoms with Crippen molar-refractivity contribution in [2.45, 2.75) is 32.6 Å². The van der Waals surface area contributed by atoms with E-state index in [4.69, 9.17) is 4.74 Å². The van der Waals surface area contributed by atoms with Crippen LogP contribution in [-0.4, -0.2) is 12.4 Å². The molecule has 8 heteroatoms. The summed E-state index contributed by atoms with van der Waals surface area (Å²) in [5, 5.41) is -0.124. The molecule has 4 aromatic rings. The van der Waals surface area contributed by atoms with E-state index in [0.717, 1.165) is 27.9 Å². The fourth-order valence-electron chi connectivity index (χ4n) is 3.09. The number of hydrogen-bond donors (Lipinski definition) is 0. The normalized spacial score (nSPS) is 11.2. The molecule has 0 saturated carbocycles. The summed E-state index contributed by atoms with van der Waals surface area (Å²) >= 11 is 0. The van der Waals surface area contributed by atoms with Gasteiger partial charge in [0.15, 0.2) is 17.4 Å². The van der Waals surface area contributed by atoms with Crippen molar-refractivity contribution in [3.05, 3.63) is 89.4 Å². The predicted molar refractivity (Wildman–Crippen MR) is 118 cm³/mol. The standard InChI is InChI=1S/C22H16F3NO3S.C2H6/c1-13-3-6-16(7-4-13)30(27,28)26-10-9-17-20(26)12-19(24)22(21(17)25)29-15-5-8-18(23)14(2)11-15;1-2/h3-12H,1-2H3;1-2H3. The smallest absolute Gasteiger partial charge is 0.268 e. The highest BCUT2D eigenvalue weighted by atomic mass is 32.2. The number of hydrogen-bond acceptors (Lipinski definition) is 3. The topological polar surface area (TPSA) is 48.3 Å². The first-order valence-corrected chi connectivity index (χ1v) is 11.4. The zero-order chi connectivity index (χ0) is 23.6. The molecular formula is C24H22F3NO3S. The van der Waals surface area contributed by atoms with Crippen molar-refractivity contribution >= 4 is 20.9 Å². The summed E-state index contributed by atoms with van der Waals surface area (Å²) in [4.78, 5) is -0.00599. The lowest BCUT2D eigenvalue weighted by molar-refractivity contribution is 0.410. The van der Waals surface area contributed by atoms with Crippen molar-refractivity contribution in [2.24, 2.45) is 0 Å². The molecule has 0 radical (unpaired) electrons. The number of aromatic nitrogens is 1. The summed E-state index contributed by atoms with van der Waals surface area (Å²) in [6.45, 7) is 7.31. The third kappa shape index (κ3) is 4.23. The van der Waals surface area contributed by atoms with Gasteiger partial charge in [-0.2, -0.15) is 0 Å². The largest absolute Gasteiger partial charge is 0.451 e. The molecule has 0 aliphatic rings. The highest BCUT2D eigenvalue weighted by molar-refractivity contribution is 7.90. The molecule has 4 nitrogen and oxygen atoms in total. The van der Waals surface area contributed by atoms with Gasteiger partial charge >= 0.3 is 0 Å². The number of benzene rings is 3. The highest BCUT2D eigenvalue weighted by Gasteiger charge is 2.24. The van der Waals surface area contributed by atoms with E-state index < -0.39 is 33.2 Å². The fraction of sp³-hybridized carbons (Fsp3) is 0.167. The molecule has 0 aliphatic carbocycles. The van der Waals surface area contributed by atoms with Crippen LogP contribution in [0.25, 0.3) is 10.9 Å². The Morgan fingerprint density at radius 2 is 1.50 bits per heavy atom. The molecule has 4 rings (SSSR count). The molecule has 0 fully saturated rings. The van der Waals surface area contributed by atoms with Gasteiger partial charge < -0.3 is 4.74 Å². The van der Waals surface area contributed by atoms with Crippen molar-refractivity contribution in [3.63, 3.8) is 0 Å². The average Bonchev–Trinajstić information content (AvgIpc) is 3.20. The lowest BCUT2D eigenvalue weighted by Crippen LogP contribution is -2.12. The van der Waals surface area contributed by atoms with Crippen molar-refractivity contribution in [3.8, 4) is 11.5 Å². The van der Waals surface area contributed by atoms with Gasteiger partial charge in [0.25, 0.3) is 10.0 Å². The Balaban J connectivity index is 0.00000141. The molecule has 0 aliphatic heterocycles. The Kier molecular flexibility index (Phi) is 6.64. The number of ether oxygens (including phenoxy) is 1. The Morgan fingerprint density at radius 3 is 2.12 bits per heavy atom. The maximum Gasteiger partial charge on any atom is 0.268 e. The lowest BCUT2D eigenvalue weighted by atomic mass is 10.2. The van der Waals surface area contributed by atoms with Gasteiger partial charge in [-0.3, -0.25) is 0 Å². The molecular weight excluding hydrogens is 439 g/mol. The summed E-state index contributed by atoms with van der Waals surface area (Å²) in [7, 11) is -4.05. The lowest BCUT2D eigenvalue weighted by Gasteiger charge is -2.12. The van der Waals surface area contributed by atoms with Gasteiger partial charge in [-0.25, -0.2) is 25.6 Å². The third-order valence-electron chi connectivity index (χ3n) is 4.73. The summed E-state index contributed by atoms with van der Waals surface area (Å²) in [6.07, 6.45) is 1.16. The second-order valence-electron chi connectivity index (χ2n) is 6.88. The number of halogens is 3. The first kappa shape index (κ1) is 23.4. The second-order valence-corrected chi connectivity index (χ2v) is 8.69. The number of fused-ring (bicyclic) bond motifs is 1. The van der Waals surface area contributed by atoms with Crippen LogP contribution in [0.3, 0.4) is 0 Å². The molecule has 1 heterocycles. The number of nitrogens with zero attached hydrogens (tertiary/aromatic N) is 1. The van der Waals surface area contributed by atoms with Crippen molar-refractivity contribution in [2.75, 3.05) is 0 Å². The van der Waals surface area contributed by atoms with Crippen LogP contribution in [0, 0.1) is 31.3 Å². The van der Waals surface area contributed by atoms with Gasteiger partial charge in [-0.15, -0.1) is 0 Å². The maximum atomic E-state index is 15.0. The van der Waals surface area contributed by atoms with Crippen molar-refractivity contribution in [1.82, 2.24) is 3.97 Å². The number of rotatable bonds is 4. The molecule has 32 heavy (non-hydrogen) atoms. The molecule has 0 saturated heterocycles. The molecule has 3 aromatic carbocycles.